The predicted molar refractivity (Wildman–Crippen MR) is 90.9 cm³/mol. The number of hydrogen-bond acceptors (Lipinski definition) is 1. The highest BCUT2D eigenvalue weighted by Crippen LogP contribution is 2.33. The minimum Gasteiger partial charge on any atom is -0.335 e. The fourth-order valence-corrected chi connectivity index (χ4v) is 3.20. The third-order valence-corrected chi connectivity index (χ3v) is 4.57. The Kier molecular flexibility index (Phi) is 4.41. The lowest BCUT2D eigenvalue weighted by Crippen LogP contribution is -2.34. The number of amides is 1. The normalized spacial score (nSPS) is 14.2. The number of nitrogens with zero attached hydrogens (tertiary/aromatic N) is 1. The van der Waals surface area contributed by atoms with Gasteiger partial charge in [-0.25, -0.2) is 0 Å². The van der Waals surface area contributed by atoms with Crippen molar-refractivity contribution >= 4 is 5.91 Å². The van der Waals surface area contributed by atoms with Gasteiger partial charge < -0.3 is 4.90 Å². The first-order valence-corrected chi connectivity index (χ1v) is 8.01. The van der Waals surface area contributed by atoms with Crippen LogP contribution in [0.15, 0.2) is 49.1 Å². The molecule has 0 N–H and O–H groups in total. The first-order valence-electron chi connectivity index (χ1n) is 8.01. The molecule has 1 amide bonds. The van der Waals surface area contributed by atoms with Crippen LogP contribution in [0.3, 0.4) is 0 Å². The van der Waals surface area contributed by atoms with E-state index in [0.29, 0.717) is 13.1 Å². The van der Waals surface area contributed by atoms with Gasteiger partial charge in [0.1, 0.15) is 0 Å². The summed E-state index contributed by atoms with van der Waals surface area (Å²) in [6.07, 6.45) is -2.27. The van der Waals surface area contributed by atoms with Crippen molar-refractivity contribution in [1.82, 2.24) is 4.90 Å². The van der Waals surface area contributed by atoms with Crippen LogP contribution in [0.5, 0.6) is 0 Å². The number of aryl methyl sites for hydroxylation is 1. The number of rotatable bonds is 2. The van der Waals surface area contributed by atoms with Crippen molar-refractivity contribution in [2.45, 2.75) is 26.1 Å². The van der Waals surface area contributed by atoms with Gasteiger partial charge in [0, 0.05) is 13.1 Å². The average Bonchev–Trinajstić information content (AvgIpc) is 2.59. The van der Waals surface area contributed by atoms with E-state index in [1.807, 2.05) is 13.0 Å². The smallest absolute Gasteiger partial charge is 0.335 e. The Labute approximate surface area is 144 Å². The topological polar surface area (TPSA) is 20.3 Å². The van der Waals surface area contributed by atoms with Gasteiger partial charge in [-0.15, -0.1) is 0 Å². The summed E-state index contributed by atoms with van der Waals surface area (Å²) in [6, 6.07) is 9.23. The monoisotopic (exact) mass is 345 g/mol. The number of carbonyl (C=O) groups is 1. The van der Waals surface area contributed by atoms with Gasteiger partial charge in [-0.05, 0) is 65.4 Å². The van der Waals surface area contributed by atoms with Crippen molar-refractivity contribution in [3.05, 3.63) is 71.3 Å². The third-order valence-electron chi connectivity index (χ3n) is 4.57. The Morgan fingerprint density at radius 3 is 2.44 bits per heavy atom. The van der Waals surface area contributed by atoms with Gasteiger partial charge in [-0.3, -0.25) is 4.79 Å². The molecule has 0 fully saturated rings. The van der Waals surface area contributed by atoms with Crippen LogP contribution in [-0.2, 0) is 23.9 Å². The zero-order valence-corrected chi connectivity index (χ0v) is 13.9. The summed E-state index contributed by atoms with van der Waals surface area (Å²) >= 11 is 0. The zero-order chi connectivity index (χ0) is 18.2. The van der Waals surface area contributed by atoms with Crippen LogP contribution in [0.25, 0.3) is 11.1 Å². The Bertz CT molecular complexity index is 822. The van der Waals surface area contributed by atoms with E-state index < -0.39 is 11.7 Å². The molecule has 25 heavy (non-hydrogen) atoms. The second-order valence-electron chi connectivity index (χ2n) is 6.22. The molecule has 0 bridgehead atoms. The summed E-state index contributed by atoms with van der Waals surface area (Å²) in [4.78, 5) is 13.6. The Morgan fingerprint density at radius 2 is 1.84 bits per heavy atom. The molecule has 3 rings (SSSR count). The maximum atomic E-state index is 12.7. The zero-order valence-electron chi connectivity index (χ0n) is 13.9. The van der Waals surface area contributed by atoms with Crippen LogP contribution in [-0.4, -0.2) is 17.4 Å². The standard InChI is InChI=1S/C20H18F3NO/c1-3-19(25)24-9-8-15-10-13(2)18(11-16(15)12-24)14-4-6-17(7-5-14)20(21,22)23/h3-7,10-11H,1,8-9,12H2,2H3. The molecule has 0 radical (unpaired) electrons. The molecule has 2 aromatic carbocycles. The Balaban J connectivity index is 1.96. The molecule has 1 heterocycles. The van der Waals surface area contributed by atoms with Crippen molar-refractivity contribution in [2.24, 2.45) is 0 Å². The van der Waals surface area contributed by atoms with Crippen LogP contribution in [0.2, 0.25) is 0 Å². The predicted octanol–water partition coefficient (Wildman–Crippen LogP) is 4.75. The molecule has 0 aromatic heterocycles. The van der Waals surface area contributed by atoms with Crippen molar-refractivity contribution in [3.63, 3.8) is 0 Å². The van der Waals surface area contributed by atoms with E-state index in [0.717, 1.165) is 40.8 Å². The number of fused-ring (bicyclic) bond motifs is 1. The van der Waals surface area contributed by atoms with Crippen molar-refractivity contribution < 1.29 is 18.0 Å². The number of alkyl halides is 3. The molecule has 2 aromatic rings. The molecule has 0 aliphatic carbocycles. The summed E-state index contributed by atoms with van der Waals surface area (Å²) in [5.74, 6) is -0.109. The fraction of sp³-hybridized carbons (Fsp3) is 0.250. The van der Waals surface area contributed by atoms with Gasteiger partial charge in [0.25, 0.3) is 0 Å². The number of benzene rings is 2. The molecular weight excluding hydrogens is 327 g/mol. The molecule has 0 atom stereocenters. The van der Waals surface area contributed by atoms with Crippen LogP contribution in [0.4, 0.5) is 13.2 Å². The van der Waals surface area contributed by atoms with E-state index in [4.69, 9.17) is 0 Å². The summed E-state index contributed by atoms with van der Waals surface area (Å²) in [6.45, 7) is 6.61. The molecule has 2 nitrogen and oxygen atoms in total. The average molecular weight is 345 g/mol. The van der Waals surface area contributed by atoms with E-state index >= 15 is 0 Å². The lowest BCUT2D eigenvalue weighted by atomic mass is 9.91. The van der Waals surface area contributed by atoms with E-state index in [1.165, 1.54) is 23.8 Å². The van der Waals surface area contributed by atoms with E-state index in [2.05, 4.69) is 12.6 Å². The summed E-state index contributed by atoms with van der Waals surface area (Å²) in [5, 5.41) is 0. The molecular formula is C20H18F3NO. The van der Waals surface area contributed by atoms with Crippen LogP contribution in [0.1, 0.15) is 22.3 Å². The second kappa shape index (κ2) is 6.39. The number of halogens is 3. The quantitative estimate of drug-likeness (QED) is 0.719. The van der Waals surface area contributed by atoms with Crippen molar-refractivity contribution in [2.75, 3.05) is 6.54 Å². The van der Waals surface area contributed by atoms with Gasteiger partial charge in [-0.2, -0.15) is 13.2 Å². The maximum Gasteiger partial charge on any atom is 0.416 e. The highest BCUT2D eigenvalue weighted by molar-refractivity contribution is 5.87. The first kappa shape index (κ1) is 17.3. The van der Waals surface area contributed by atoms with E-state index in [1.54, 1.807) is 4.90 Å². The minimum atomic E-state index is -4.34. The molecule has 130 valence electrons. The Hall–Kier alpha value is -2.56. The number of hydrogen-bond donors (Lipinski definition) is 0. The molecule has 0 spiro atoms. The largest absolute Gasteiger partial charge is 0.416 e. The van der Waals surface area contributed by atoms with E-state index in [9.17, 15) is 18.0 Å². The van der Waals surface area contributed by atoms with Gasteiger partial charge >= 0.3 is 6.18 Å². The first-order chi connectivity index (χ1) is 11.8. The molecule has 1 aliphatic heterocycles. The molecule has 1 aliphatic rings. The van der Waals surface area contributed by atoms with Crippen LogP contribution >= 0.6 is 0 Å². The summed E-state index contributed by atoms with van der Waals surface area (Å²) < 4.78 is 38.2. The van der Waals surface area contributed by atoms with Crippen molar-refractivity contribution in [3.8, 4) is 11.1 Å². The minimum absolute atomic E-state index is 0.109. The number of carbonyl (C=O) groups excluding carboxylic acids is 1. The van der Waals surface area contributed by atoms with Gasteiger partial charge in [-0.1, -0.05) is 24.8 Å². The third kappa shape index (κ3) is 3.45. The van der Waals surface area contributed by atoms with Gasteiger partial charge in [0.2, 0.25) is 5.91 Å². The summed E-state index contributed by atoms with van der Waals surface area (Å²) in [7, 11) is 0. The molecule has 0 saturated heterocycles. The van der Waals surface area contributed by atoms with E-state index in [-0.39, 0.29) is 5.91 Å². The second-order valence-corrected chi connectivity index (χ2v) is 6.22. The Morgan fingerprint density at radius 1 is 1.16 bits per heavy atom. The van der Waals surface area contributed by atoms with Gasteiger partial charge in [0.05, 0.1) is 5.56 Å². The van der Waals surface area contributed by atoms with Gasteiger partial charge in [0.15, 0.2) is 0 Å². The lowest BCUT2D eigenvalue weighted by Gasteiger charge is -2.29. The van der Waals surface area contributed by atoms with Crippen LogP contribution < -0.4 is 0 Å². The SMILES string of the molecule is C=CC(=O)N1CCc2cc(C)c(-c3ccc(C(F)(F)F)cc3)cc2C1. The lowest BCUT2D eigenvalue weighted by molar-refractivity contribution is -0.137. The summed E-state index contributed by atoms with van der Waals surface area (Å²) in [5.41, 5.74) is 4.20. The highest BCUT2D eigenvalue weighted by Gasteiger charge is 2.30. The van der Waals surface area contributed by atoms with Crippen molar-refractivity contribution in [1.29, 1.82) is 0 Å². The fourth-order valence-electron chi connectivity index (χ4n) is 3.20. The van der Waals surface area contributed by atoms with Crippen LogP contribution in [0, 0.1) is 6.92 Å². The molecule has 0 saturated carbocycles. The highest BCUT2D eigenvalue weighted by atomic mass is 19.4. The molecule has 0 unspecified atom stereocenters. The maximum absolute atomic E-state index is 12.7. The molecule has 5 heteroatoms.